The lowest BCUT2D eigenvalue weighted by Crippen LogP contribution is -2.42. The van der Waals surface area contributed by atoms with E-state index in [-0.39, 0.29) is 0 Å². The van der Waals surface area contributed by atoms with Gasteiger partial charge in [0.2, 0.25) is 0 Å². The molecule has 0 saturated heterocycles. The van der Waals surface area contributed by atoms with Gasteiger partial charge in [-0.1, -0.05) is 11.6 Å². The van der Waals surface area contributed by atoms with Gasteiger partial charge in [-0.15, -0.1) is 11.8 Å². The fraction of sp³-hybridized carbons (Fsp3) is 0.308. The van der Waals surface area contributed by atoms with Crippen LogP contribution in [-0.2, 0) is 14.3 Å². The Hall–Kier alpha value is -1.73. The van der Waals surface area contributed by atoms with E-state index >= 15 is 0 Å². The summed E-state index contributed by atoms with van der Waals surface area (Å²) in [5.41, 5.74) is 4.81. The van der Waals surface area contributed by atoms with Crippen molar-refractivity contribution < 1.29 is 19.1 Å². The van der Waals surface area contributed by atoms with E-state index in [1.165, 1.54) is 18.7 Å². The highest BCUT2D eigenvalue weighted by Gasteiger charge is 2.23. The number of rotatable bonds is 5. The summed E-state index contributed by atoms with van der Waals surface area (Å²) in [6, 6.07) is 5.99. The van der Waals surface area contributed by atoms with Gasteiger partial charge in [0.05, 0.1) is 0 Å². The lowest BCUT2D eigenvalue weighted by Gasteiger charge is -2.15. The Labute approximate surface area is 131 Å². The van der Waals surface area contributed by atoms with Crippen LogP contribution in [0.2, 0.25) is 5.02 Å². The molecule has 0 aromatic heterocycles. The van der Waals surface area contributed by atoms with Crippen LogP contribution in [0.15, 0.2) is 29.2 Å². The number of amides is 3. The summed E-state index contributed by atoms with van der Waals surface area (Å²) < 4.78 is 4.97. The summed E-state index contributed by atoms with van der Waals surface area (Å²) in [5, 5.41) is 1.93. The molecule has 0 fully saturated rings. The van der Waals surface area contributed by atoms with E-state index in [4.69, 9.17) is 22.1 Å². The Morgan fingerprint density at radius 2 is 1.81 bits per heavy atom. The number of hydrogen-bond donors (Lipinski definition) is 2. The first kappa shape index (κ1) is 17.3. The molecule has 0 heterocycles. The summed E-state index contributed by atoms with van der Waals surface area (Å²) in [6.45, 7) is 3.01. The minimum Gasteiger partial charge on any atom is -0.452 e. The minimum atomic E-state index is -1.10. The quantitative estimate of drug-likeness (QED) is 0.635. The number of benzene rings is 1. The van der Waals surface area contributed by atoms with Crippen LogP contribution < -0.4 is 11.1 Å². The van der Waals surface area contributed by atoms with Gasteiger partial charge in [-0.2, -0.15) is 0 Å². The Balaban J connectivity index is 2.52. The monoisotopic (exact) mass is 330 g/mol. The molecular weight excluding hydrogens is 316 g/mol. The number of esters is 1. The van der Waals surface area contributed by atoms with E-state index in [2.05, 4.69) is 0 Å². The van der Waals surface area contributed by atoms with Crippen LogP contribution >= 0.6 is 23.4 Å². The fourth-order valence-electron chi connectivity index (χ4n) is 1.31. The molecule has 0 unspecified atom stereocenters. The Kier molecular flexibility index (Phi) is 6.51. The van der Waals surface area contributed by atoms with E-state index < -0.39 is 29.3 Å². The molecule has 0 aliphatic carbocycles. The third-order valence-electron chi connectivity index (χ3n) is 2.37. The van der Waals surface area contributed by atoms with Gasteiger partial charge < -0.3 is 10.5 Å². The first-order valence-electron chi connectivity index (χ1n) is 6.02. The number of imide groups is 1. The van der Waals surface area contributed by atoms with Crippen molar-refractivity contribution in [3.05, 3.63) is 29.3 Å². The molecule has 3 N–H and O–H groups in total. The number of carbonyl (C=O) groups is 3. The molecule has 0 saturated carbocycles. The molecule has 0 spiro atoms. The minimum absolute atomic E-state index is 0.519. The first-order valence-corrected chi connectivity index (χ1v) is 7.28. The third kappa shape index (κ3) is 6.05. The predicted molar refractivity (Wildman–Crippen MR) is 80.1 cm³/mol. The van der Waals surface area contributed by atoms with E-state index in [1.807, 2.05) is 5.32 Å². The van der Waals surface area contributed by atoms with Gasteiger partial charge in [-0.3, -0.25) is 14.9 Å². The molecule has 0 aliphatic heterocycles. The average Bonchev–Trinajstić information content (AvgIpc) is 2.40. The second kappa shape index (κ2) is 7.90. The van der Waals surface area contributed by atoms with Crippen LogP contribution in [0.4, 0.5) is 4.79 Å². The molecule has 114 valence electrons. The van der Waals surface area contributed by atoms with Crippen LogP contribution in [0.25, 0.3) is 0 Å². The Morgan fingerprint density at radius 1 is 1.24 bits per heavy atom. The molecule has 1 aromatic carbocycles. The largest absolute Gasteiger partial charge is 0.452 e. The molecule has 1 aromatic rings. The smallest absolute Gasteiger partial charge is 0.319 e. The summed E-state index contributed by atoms with van der Waals surface area (Å²) in [7, 11) is 0. The summed E-state index contributed by atoms with van der Waals surface area (Å²) in [4.78, 5) is 34.6. The van der Waals surface area contributed by atoms with Crippen LogP contribution in [0.5, 0.6) is 0 Å². The molecular formula is C13H15ClN2O4S. The van der Waals surface area contributed by atoms with Crippen molar-refractivity contribution in [2.75, 3.05) is 0 Å². The second-order valence-corrected chi connectivity index (χ2v) is 6.00. The summed E-state index contributed by atoms with van der Waals surface area (Å²) in [6.07, 6.45) is -1.10. The zero-order chi connectivity index (χ0) is 16.0. The normalized spacial score (nSPS) is 13.1. The molecule has 6 nitrogen and oxygen atoms in total. The molecule has 0 aliphatic rings. The van der Waals surface area contributed by atoms with E-state index in [9.17, 15) is 14.4 Å². The number of halogens is 1. The van der Waals surface area contributed by atoms with Crippen molar-refractivity contribution in [3.8, 4) is 0 Å². The van der Waals surface area contributed by atoms with Crippen molar-refractivity contribution in [1.82, 2.24) is 5.32 Å². The number of nitrogens with one attached hydrogen (secondary N) is 1. The standard InChI is InChI=1S/C13H15ClN2O4S/c1-7(11(17)16-13(15)19)20-12(18)8(2)21-10-5-3-9(14)4-6-10/h3-8H,1-2H3,(H3,15,16,17,19)/t7-,8+/m1/s1. The SMILES string of the molecule is C[C@H](Sc1ccc(Cl)cc1)C(=O)O[C@H](C)C(=O)NC(N)=O. The number of thioether (sulfide) groups is 1. The van der Waals surface area contributed by atoms with E-state index in [0.29, 0.717) is 5.02 Å². The molecule has 0 bridgehead atoms. The highest BCUT2D eigenvalue weighted by molar-refractivity contribution is 8.00. The number of carbonyl (C=O) groups excluding carboxylic acids is 3. The lowest BCUT2D eigenvalue weighted by molar-refractivity contribution is -0.153. The number of nitrogens with two attached hydrogens (primary N) is 1. The Morgan fingerprint density at radius 3 is 2.33 bits per heavy atom. The zero-order valence-electron chi connectivity index (χ0n) is 11.5. The highest BCUT2D eigenvalue weighted by Crippen LogP contribution is 2.25. The van der Waals surface area contributed by atoms with E-state index in [0.717, 1.165) is 4.90 Å². The van der Waals surface area contributed by atoms with Gasteiger partial charge in [-0.25, -0.2) is 4.79 Å². The molecule has 8 heteroatoms. The molecule has 1 rings (SSSR count). The highest BCUT2D eigenvalue weighted by atomic mass is 35.5. The zero-order valence-corrected chi connectivity index (χ0v) is 13.0. The maximum Gasteiger partial charge on any atom is 0.319 e. The van der Waals surface area contributed by atoms with Crippen molar-refractivity contribution >= 4 is 41.3 Å². The van der Waals surface area contributed by atoms with Gasteiger partial charge in [0.25, 0.3) is 5.91 Å². The molecule has 21 heavy (non-hydrogen) atoms. The number of urea groups is 1. The van der Waals surface area contributed by atoms with Crippen molar-refractivity contribution in [3.63, 3.8) is 0 Å². The number of primary amides is 1. The van der Waals surface area contributed by atoms with Gasteiger partial charge in [-0.05, 0) is 38.1 Å². The van der Waals surface area contributed by atoms with Gasteiger partial charge in [0.1, 0.15) is 5.25 Å². The third-order valence-corrected chi connectivity index (χ3v) is 3.71. The lowest BCUT2D eigenvalue weighted by atomic mass is 10.3. The molecule has 3 amide bonds. The summed E-state index contributed by atoms with van der Waals surface area (Å²) >= 11 is 7.04. The average molecular weight is 331 g/mol. The van der Waals surface area contributed by atoms with Gasteiger partial charge >= 0.3 is 12.0 Å². The van der Waals surface area contributed by atoms with Crippen LogP contribution in [0.1, 0.15) is 13.8 Å². The van der Waals surface area contributed by atoms with Gasteiger partial charge in [0.15, 0.2) is 6.10 Å². The Bertz CT molecular complexity index is 535. The first-order chi connectivity index (χ1) is 9.79. The van der Waals surface area contributed by atoms with Crippen LogP contribution in [0.3, 0.4) is 0 Å². The summed E-state index contributed by atoms with van der Waals surface area (Å²) in [5.74, 6) is -1.33. The van der Waals surface area contributed by atoms with Crippen molar-refractivity contribution in [1.29, 1.82) is 0 Å². The predicted octanol–water partition coefficient (Wildman–Crippen LogP) is 1.95. The number of ether oxygens (including phenoxy) is 1. The molecule has 2 atom stereocenters. The fourth-order valence-corrected chi connectivity index (χ4v) is 2.29. The van der Waals surface area contributed by atoms with Crippen molar-refractivity contribution in [2.24, 2.45) is 5.73 Å². The molecule has 0 radical (unpaired) electrons. The topological polar surface area (TPSA) is 98.5 Å². The number of hydrogen-bond acceptors (Lipinski definition) is 5. The van der Waals surface area contributed by atoms with Crippen molar-refractivity contribution in [2.45, 2.75) is 30.1 Å². The van der Waals surface area contributed by atoms with Gasteiger partial charge in [0, 0.05) is 9.92 Å². The maximum atomic E-state index is 11.8. The second-order valence-electron chi connectivity index (χ2n) is 4.15. The van der Waals surface area contributed by atoms with E-state index in [1.54, 1.807) is 31.2 Å². The van der Waals surface area contributed by atoms with Crippen LogP contribution in [0, 0.1) is 0 Å². The van der Waals surface area contributed by atoms with Crippen LogP contribution in [-0.4, -0.2) is 29.3 Å². The maximum absolute atomic E-state index is 11.8.